The maximum atomic E-state index is 12.2. The molecule has 0 fully saturated rings. The molecule has 2 heterocycles. The summed E-state index contributed by atoms with van der Waals surface area (Å²) < 4.78 is 5.22. The van der Waals surface area contributed by atoms with Gasteiger partial charge in [0.15, 0.2) is 11.0 Å². The molecule has 0 saturated heterocycles. The van der Waals surface area contributed by atoms with Gasteiger partial charge in [-0.05, 0) is 31.0 Å². The van der Waals surface area contributed by atoms with Gasteiger partial charge < -0.3 is 9.84 Å². The van der Waals surface area contributed by atoms with E-state index >= 15 is 0 Å². The number of thiazole rings is 1. The van der Waals surface area contributed by atoms with Crippen molar-refractivity contribution < 1.29 is 9.32 Å². The number of hydrogen-bond acceptors (Lipinski definition) is 6. The second-order valence-corrected chi connectivity index (χ2v) is 8.50. The number of amides is 1. The standard InChI is InChI=1S/C20H24N4O2S/c1-12-6-7-14(10-13(12)2)15-11-27-19(21-15)22-16(25)8-9-17-23-18(24-26-17)20(3,4)5/h6-7,10-11H,8-9H2,1-5H3,(H,21,22,25). The molecule has 0 atom stereocenters. The Morgan fingerprint density at radius 1 is 1.19 bits per heavy atom. The van der Waals surface area contributed by atoms with Gasteiger partial charge in [-0.15, -0.1) is 11.3 Å². The van der Waals surface area contributed by atoms with Crippen LogP contribution in [-0.4, -0.2) is 21.0 Å². The fraction of sp³-hybridized carbons (Fsp3) is 0.400. The van der Waals surface area contributed by atoms with Crippen LogP contribution < -0.4 is 5.32 Å². The Balaban J connectivity index is 1.58. The third-order valence-corrected chi connectivity index (χ3v) is 5.02. The fourth-order valence-corrected chi connectivity index (χ4v) is 3.16. The quantitative estimate of drug-likeness (QED) is 0.691. The molecule has 0 radical (unpaired) electrons. The minimum Gasteiger partial charge on any atom is -0.339 e. The maximum Gasteiger partial charge on any atom is 0.227 e. The van der Waals surface area contributed by atoms with Crippen LogP contribution in [0, 0.1) is 13.8 Å². The molecule has 3 rings (SSSR count). The first-order chi connectivity index (χ1) is 12.7. The molecule has 7 heteroatoms. The number of nitrogens with one attached hydrogen (secondary N) is 1. The molecule has 3 aromatic rings. The lowest BCUT2D eigenvalue weighted by atomic mass is 9.96. The molecule has 1 aromatic carbocycles. The summed E-state index contributed by atoms with van der Waals surface area (Å²) in [4.78, 5) is 21.1. The molecule has 0 aliphatic heterocycles. The molecular formula is C20H24N4O2S. The Morgan fingerprint density at radius 2 is 1.96 bits per heavy atom. The van der Waals surface area contributed by atoms with Crippen molar-refractivity contribution in [3.05, 3.63) is 46.4 Å². The minimum absolute atomic E-state index is 0.119. The Morgan fingerprint density at radius 3 is 2.63 bits per heavy atom. The molecule has 142 valence electrons. The van der Waals surface area contributed by atoms with Crippen molar-refractivity contribution >= 4 is 22.4 Å². The lowest BCUT2D eigenvalue weighted by Gasteiger charge is -2.10. The largest absolute Gasteiger partial charge is 0.339 e. The van der Waals surface area contributed by atoms with Crippen molar-refractivity contribution in [2.45, 2.75) is 52.9 Å². The zero-order valence-electron chi connectivity index (χ0n) is 16.3. The van der Waals surface area contributed by atoms with Crippen molar-refractivity contribution in [1.82, 2.24) is 15.1 Å². The maximum absolute atomic E-state index is 12.2. The first-order valence-corrected chi connectivity index (χ1v) is 9.76. The Labute approximate surface area is 163 Å². The Bertz CT molecular complexity index is 953. The average molecular weight is 385 g/mol. The first kappa shape index (κ1) is 19.2. The van der Waals surface area contributed by atoms with Gasteiger partial charge in [0.2, 0.25) is 11.8 Å². The van der Waals surface area contributed by atoms with Crippen molar-refractivity contribution in [2.24, 2.45) is 0 Å². The Hall–Kier alpha value is -2.54. The van der Waals surface area contributed by atoms with Gasteiger partial charge in [0, 0.05) is 29.2 Å². The number of aryl methyl sites for hydroxylation is 3. The summed E-state index contributed by atoms with van der Waals surface area (Å²) in [6.45, 7) is 10.2. The van der Waals surface area contributed by atoms with E-state index in [0.717, 1.165) is 11.3 Å². The van der Waals surface area contributed by atoms with Gasteiger partial charge in [-0.2, -0.15) is 4.98 Å². The number of nitrogens with zero attached hydrogens (tertiary/aromatic N) is 3. The average Bonchev–Trinajstić information content (AvgIpc) is 3.24. The highest BCUT2D eigenvalue weighted by Crippen LogP contribution is 2.26. The van der Waals surface area contributed by atoms with Gasteiger partial charge in [-0.25, -0.2) is 4.98 Å². The van der Waals surface area contributed by atoms with Crippen molar-refractivity contribution in [3.8, 4) is 11.3 Å². The number of carbonyl (C=O) groups excluding carboxylic acids is 1. The molecule has 27 heavy (non-hydrogen) atoms. The molecule has 0 unspecified atom stereocenters. The van der Waals surface area contributed by atoms with Gasteiger partial charge in [0.05, 0.1) is 5.69 Å². The number of anilines is 1. The van der Waals surface area contributed by atoms with Gasteiger partial charge >= 0.3 is 0 Å². The molecule has 0 aliphatic rings. The lowest BCUT2D eigenvalue weighted by molar-refractivity contribution is -0.116. The number of hydrogen-bond donors (Lipinski definition) is 1. The summed E-state index contributed by atoms with van der Waals surface area (Å²) >= 11 is 1.42. The predicted octanol–water partition coefficient (Wildman–Crippen LogP) is 4.68. The van der Waals surface area contributed by atoms with Crippen LogP contribution in [0.5, 0.6) is 0 Å². The van der Waals surface area contributed by atoms with E-state index < -0.39 is 0 Å². The highest BCUT2D eigenvalue weighted by atomic mass is 32.1. The van der Waals surface area contributed by atoms with Gasteiger partial charge in [0.25, 0.3) is 0 Å². The zero-order chi connectivity index (χ0) is 19.6. The molecular weight excluding hydrogens is 360 g/mol. The number of aromatic nitrogens is 3. The third-order valence-electron chi connectivity index (χ3n) is 4.26. The number of carbonyl (C=O) groups is 1. The van der Waals surface area contributed by atoms with Gasteiger partial charge in [0.1, 0.15) is 0 Å². The highest BCUT2D eigenvalue weighted by Gasteiger charge is 2.21. The van der Waals surface area contributed by atoms with Crippen LogP contribution in [0.2, 0.25) is 0 Å². The first-order valence-electron chi connectivity index (χ1n) is 8.88. The normalized spacial score (nSPS) is 11.6. The van der Waals surface area contributed by atoms with E-state index in [0.29, 0.717) is 23.3 Å². The molecule has 1 amide bonds. The van der Waals surface area contributed by atoms with E-state index in [4.69, 9.17) is 4.52 Å². The van der Waals surface area contributed by atoms with E-state index in [2.05, 4.69) is 46.4 Å². The van der Waals surface area contributed by atoms with Crippen LogP contribution in [0.4, 0.5) is 5.13 Å². The fourth-order valence-electron chi connectivity index (χ4n) is 2.43. The number of rotatable bonds is 5. The topological polar surface area (TPSA) is 80.9 Å². The predicted molar refractivity (Wildman–Crippen MR) is 107 cm³/mol. The summed E-state index contributed by atoms with van der Waals surface area (Å²) in [5.74, 6) is 1.01. The van der Waals surface area contributed by atoms with Crippen molar-refractivity contribution in [2.75, 3.05) is 5.32 Å². The van der Waals surface area contributed by atoms with Crippen LogP contribution in [0.1, 0.15) is 50.0 Å². The SMILES string of the molecule is Cc1ccc(-c2csc(NC(=O)CCc3nc(C(C)(C)C)no3)n2)cc1C. The van der Waals surface area contributed by atoms with Gasteiger partial charge in [-0.1, -0.05) is 38.1 Å². The van der Waals surface area contributed by atoms with Crippen LogP contribution >= 0.6 is 11.3 Å². The molecule has 0 aliphatic carbocycles. The summed E-state index contributed by atoms with van der Waals surface area (Å²) in [7, 11) is 0. The van der Waals surface area contributed by atoms with Crippen LogP contribution in [-0.2, 0) is 16.6 Å². The van der Waals surface area contributed by atoms with Crippen molar-refractivity contribution in [1.29, 1.82) is 0 Å². The summed E-state index contributed by atoms with van der Waals surface area (Å²) in [6.07, 6.45) is 0.675. The van der Waals surface area contributed by atoms with E-state index in [-0.39, 0.29) is 17.7 Å². The molecule has 1 N–H and O–H groups in total. The summed E-state index contributed by atoms with van der Waals surface area (Å²) in [5, 5.41) is 9.36. The minimum atomic E-state index is -0.171. The number of benzene rings is 1. The van der Waals surface area contributed by atoms with E-state index in [1.807, 2.05) is 32.2 Å². The monoisotopic (exact) mass is 384 g/mol. The lowest BCUT2D eigenvalue weighted by Crippen LogP contribution is -2.14. The molecule has 0 saturated carbocycles. The van der Waals surface area contributed by atoms with Crippen molar-refractivity contribution in [3.63, 3.8) is 0 Å². The zero-order valence-corrected chi connectivity index (χ0v) is 17.1. The van der Waals surface area contributed by atoms with Crippen LogP contribution in [0.25, 0.3) is 11.3 Å². The second-order valence-electron chi connectivity index (χ2n) is 7.65. The molecule has 6 nitrogen and oxygen atoms in total. The van der Waals surface area contributed by atoms with E-state index in [1.54, 1.807) is 0 Å². The van der Waals surface area contributed by atoms with Crippen LogP contribution in [0.15, 0.2) is 28.1 Å². The van der Waals surface area contributed by atoms with Gasteiger partial charge in [-0.3, -0.25) is 4.79 Å². The molecule has 0 spiro atoms. The molecule has 0 bridgehead atoms. The third kappa shape index (κ3) is 4.80. The van der Waals surface area contributed by atoms with Crippen LogP contribution in [0.3, 0.4) is 0 Å². The Kier molecular flexibility index (Phi) is 5.41. The molecule has 2 aromatic heterocycles. The highest BCUT2D eigenvalue weighted by molar-refractivity contribution is 7.14. The van der Waals surface area contributed by atoms with E-state index in [9.17, 15) is 4.79 Å². The smallest absolute Gasteiger partial charge is 0.227 e. The summed E-state index contributed by atoms with van der Waals surface area (Å²) in [5.41, 5.74) is 4.22. The van der Waals surface area contributed by atoms with E-state index in [1.165, 1.54) is 22.5 Å². The summed E-state index contributed by atoms with van der Waals surface area (Å²) in [6, 6.07) is 6.24. The second kappa shape index (κ2) is 7.60.